The van der Waals surface area contributed by atoms with E-state index in [4.69, 9.17) is 18.3 Å². The van der Waals surface area contributed by atoms with Crippen molar-refractivity contribution in [3.63, 3.8) is 0 Å². The highest BCUT2D eigenvalue weighted by molar-refractivity contribution is 6.74. The van der Waals surface area contributed by atoms with E-state index in [9.17, 15) is 10.2 Å². The molecule has 0 aliphatic carbocycles. The maximum atomic E-state index is 11.5. The van der Waals surface area contributed by atoms with Crippen molar-refractivity contribution >= 4 is 8.32 Å². The first-order valence-corrected chi connectivity index (χ1v) is 16.9. The van der Waals surface area contributed by atoms with Gasteiger partial charge in [-0.05, 0) is 41.4 Å². The molecule has 0 aliphatic heterocycles. The topological polar surface area (TPSA) is 81.3 Å². The molecule has 0 radical (unpaired) electrons. The van der Waals surface area contributed by atoms with Crippen molar-refractivity contribution in [3.8, 4) is 0 Å². The van der Waals surface area contributed by atoms with Gasteiger partial charge in [0, 0.05) is 5.92 Å². The minimum absolute atomic E-state index is 0.0829. The van der Waals surface area contributed by atoms with Crippen LogP contribution in [0.2, 0.25) is 18.1 Å². The molecule has 6 nitrogen and oxygen atoms in total. The molecule has 2 N–H and O–H groups in total. The SMILES string of the molecule is C=C[C@@H](OCc1ccccc1)[C@@H](OCc1ccccc1)[C@H](O)[C@@H](C)[C@H](O)c1ccc(CO[Si](C)(C)C(C)(C)C)o1. The van der Waals surface area contributed by atoms with Gasteiger partial charge >= 0.3 is 0 Å². The maximum absolute atomic E-state index is 11.5. The Hall–Kier alpha value is -2.52. The zero-order valence-electron chi connectivity index (χ0n) is 24.7. The molecule has 2 aromatic carbocycles. The molecule has 1 heterocycles. The minimum atomic E-state index is -1.95. The Morgan fingerprint density at radius 1 is 0.850 bits per heavy atom. The first-order chi connectivity index (χ1) is 18.9. The van der Waals surface area contributed by atoms with Crippen molar-refractivity contribution in [1.82, 2.24) is 0 Å². The van der Waals surface area contributed by atoms with Gasteiger partial charge in [-0.15, -0.1) is 6.58 Å². The Kier molecular flexibility index (Phi) is 11.5. The molecule has 0 fully saturated rings. The second-order valence-corrected chi connectivity index (χ2v) is 16.7. The van der Waals surface area contributed by atoms with Crippen molar-refractivity contribution in [3.05, 3.63) is 108 Å². The van der Waals surface area contributed by atoms with Gasteiger partial charge in [0.05, 0.1) is 25.9 Å². The van der Waals surface area contributed by atoms with Crippen LogP contribution in [0.1, 0.15) is 56.4 Å². The number of hydrogen-bond donors (Lipinski definition) is 2. The summed E-state index contributed by atoms with van der Waals surface area (Å²) in [5, 5.41) is 22.8. The van der Waals surface area contributed by atoms with E-state index in [2.05, 4.69) is 40.4 Å². The van der Waals surface area contributed by atoms with Crippen molar-refractivity contribution < 1.29 is 28.5 Å². The molecule has 0 spiro atoms. The van der Waals surface area contributed by atoms with Crippen LogP contribution in [-0.4, -0.2) is 36.8 Å². The second kappa shape index (κ2) is 14.4. The monoisotopic (exact) mass is 566 g/mol. The Morgan fingerprint density at radius 2 is 1.40 bits per heavy atom. The van der Waals surface area contributed by atoms with Gasteiger partial charge in [0.15, 0.2) is 8.32 Å². The van der Waals surface area contributed by atoms with Crippen LogP contribution in [0.15, 0.2) is 89.9 Å². The van der Waals surface area contributed by atoms with E-state index in [1.54, 1.807) is 19.1 Å². The molecule has 5 atom stereocenters. The number of ether oxygens (including phenoxy) is 2. The summed E-state index contributed by atoms with van der Waals surface area (Å²) in [5.41, 5.74) is 1.97. The Balaban J connectivity index is 1.73. The summed E-state index contributed by atoms with van der Waals surface area (Å²) in [7, 11) is -1.95. The summed E-state index contributed by atoms with van der Waals surface area (Å²) < 4.78 is 24.6. The summed E-state index contributed by atoms with van der Waals surface area (Å²) in [4.78, 5) is 0. The number of furan rings is 1. The lowest BCUT2D eigenvalue weighted by Gasteiger charge is -2.35. The third kappa shape index (κ3) is 8.74. The van der Waals surface area contributed by atoms with Crippen LogP contribution in [0.5, 0.6) is 0 Å². The zero-order valence-corrected chi connectivity index (χ0v) is 25.7. The molecule has 7 heteroatoms. The molecule has 0 saturated carbocycles. The molecule has 3 rings (SSSR count). The van der Waals surface area contributed by atoms with Gasteiger partial charge < -0.3 is 28.5 Å². The fourth-order valence-corrected chi connectivity index (χ4v) is 5.00. The number of rotatable bonds is 15. The Morgan fingerprint density at radius 3 is 1.93 bits per heavy atom. The van der Waals surface area contributed by atoms with Crippen molar-refractivity contribution in [2.75, 3.05) is 0 Å². The number of aliphatic hydroxyl groups excluding tert-OH is 2. The highest BCUT2D eigenvalue weighted by atomic mass is 28.4. The van der Waals surface area contributed by atoms with E-state index >= 15 is 0 Å². The summed E-state index contributed by atoms with van der Waals surface area (Å²) in [6.07, 6.45) is -1.88. The number of hydrogen-bond acceptors (Lipinski definition) is 6. The van der Waals surface area contributed by atoms with Gasteiger partial charge in [-0.3, -0.25) is 0 Å². The fourth-order valence-electron chi connectivity index (χ4n) is 4.06. The normalized spacial score (nSPS) is 16.2. The summed E-state index contributed by atoms with van der Waals surface area (Å²) >= 11 is 0. The van der Waals surface area contributed by atoms with Crippen LogP contribution in [-0.2, 0) is 33.7 Å². The van der Waals surface area contributed by atoms with Crippen LogP contribution in [0.4, 0.5) is 0 Å². The van der Waals surface area contributed by atoms with Gasteiger partial charge in [-0.2, -0.15) is 0 Å². The molecule has 1 aromatic heterocycles. The molecule has 0 unspecified atom stereocenters. The lowest BCUT2D eigenvalue weighted by Crippen LogP contribution is -2.45. The van der Waals surface area contributed by atoms with Crippen LogP contribution in [0, 0.1) is 5.92 Å². The molecule has 0 saturated heterocycles. The molecule has 0 bridgehead atoms. The van der Waals surface area contributed by atoms with Crippen molar-refractivity contribution in [2.45, 2.75) is 90.1 Å². The second-order valence-electron chi connectivity index (χ2n) is 11.9. The largest absolute Gasteiger partial charge is 0.461 e. The maximum Gasteiger partial charge on any atom is 0.192 e. The zero-order chi connectivity index (χ0) is 29.3. The fraction of sp³-hybridized carbons (Fsp3) is 0.455. The minimum Gasteiger partial charge on any atom is -0.461 e. The molecule has 40 heavy (non-hydrogen) atoms. The highest BCUT2D eigenvalue weighted by Gasteiger charge is 2.38. The molecule has 0 amide bonds. The average molecular weight is 567 g/mol. The van der Waals surface area contributed by atoms with Crippen molar-refractivity contribution in [1.29, 1.82) is 0 Å². The van der Waals surface area contributed by atoms with Crippen molar-refractivity contribution in [2.24, 2.45) is 5.92 Å². The number of benzene rings is 2. The predicted molar refractivity (Wildman–Crippen MR) is 161 cm³/mol. The molecular formula is C33H46O6Si. The smallest absolute Gasteiger partial charge is 0.192 e. The Bertz CT molecular complexity index is 1150. The summed E-state index contributed by atoms with van der Waals surface area (Å²) in [6, 6.07) is 23.1. The summed E-state index contributed by atoms with van der Waals surface area (Å²) in [5.74, 6) is 0.402. The van der Waals surface area contributed by atoms with E-state index in [0.29, 0.717) is 24.7 Å². The molecule has 3 aromatic rings. The third-order valence-electron chi connectivity index (χ3n) is 7.86. The standard InChI is InChI=1S/C33H46O6Si/c1-8-28(36-21-25-15-11-9-12-16-25)32(37-22-26-17-13-10-14-18-26)31(35)24(2)30(34)29-20-19-27(39-29)23-38-40(6,7)33(3,4)5/h8-20,24,28,30-32,34-35H,1,21-23H2,2-7H3/t24-,28+,30-,31+,32+/m0/s1. The average Bonchev–Trinajstić information content (AvgIpc) is 3.42. The lowest BCUT2D eigenvalue weighted by molar-refractivity contribution is -0.142. The lowest BCUT2D eigenvalue weighted by atomic mass is 9.90. The first-order valence-electron chi connectivity index (χ1n) is 13.9. The quantitative estimate of drug-likeness (QED) is 0.150. The highest BCUT2D eigenvalue weighted by Crippen LogP contribution is 2.37. The van der Waals surface area contributed by atoms with Crippen LogP contribution < -0.4 is 0 Å². The Labute approximate surface area is 240 Å². The van der Waals surface area contributed by atoms with E-state index in [1.807, 2.05) is 66.7 Å². The van der Waals surface area contributed by atoms with Crippen LogP contribution in [0.3, 0.4) is 0 Å². The van der Waals surface area contributed by atoms with E-state index < -0.39 is 38.7 Å². The van der Waals surface area contributed by atoms with E-state index in [0.717, 1.165) is 11.1 Å². The number of aliphatic hydroxyl groups is 2. The van der Waals surface area contributed by atoms with E-state index in [1.165, 1.54) is 0 Å². The summed E-state index contributed by atoms with van der Waals surface area (Å²) in [6.45, 7) is 17.6. The van der Waals surface area contributed by atoms with Gasteiger partial charge in [-0.1, -0.05) is 94.4 Å². The van der Waals surface area contributed by atoms with Crippen LogP contribution >= 0.6 is 0 Å². The predicted octanol–water partition coefficient (Wildman–Crippen LogP) is 7.19. The van der Waals surface area contributed by atoms with Crippen LogP contribution in [0.25, 0.3) is 0 Å². The van der Waals surface area contributed by atoms with Gasteiger partial charge in [-0.25, -0.2) is 0 Å². The third-order valence-corrected chi connectivity index (χ3v) is 12.3. The van der Waals surface area contributed by atoms with Gasteiger partial charge in [0.25, 0.3) is 0 Å². The molecule has 218 valence electrons. The van der Waals surface area contributed by atoms with Gasteiger partial charge in [0.1, 0.15) is 29.8 Å². The molecule has 0 aliphatic rings. The van der Waals surface area contributed by atoms with Gasteiger partial charge in [0.2, 0.25) is 0 Å². The van der Waals surface area contributed by atoms with E-state index in [-0.39, 0.29) is 11.6 Å². The first kappa shape index (κ1) is 32.0. The molecular weight excluding hydrogens is 520 g/mol.